The van der Waals surface area contributed by atoms with Crippen LogP contribution in [0.3, 0.4) is 0 Å². The number of aryl methyl sites for hydroxylation is 1. The van der Waals surface area contributed by atoms with Crippen molar-refractivity contribution in [1.82, 2.24) is 10.2 Å². The third-order valence-corrected chi connectivity index (χ3v) is 6.99. The highest BCUT2D eigenvalue weighted by Gasteiger charge is 2.27. The van der Waals surface area contributed by atoms with Crippen molar-refractivity contribution in [3.63, 3.8) is 0 Å². The molecule has 2 aromatic rings. The molecule has 0 aliphatic carbocycles. The van der Waals surface area contributed by atoms with Crippen LogP contribution in [0.4, 0.5) is 5.69 Å². The van der Waals surface area contributed by atoms with Crippen LogP contribution in [0.5, 0.6) is 0 Å². The minimum atomic E-state index is -3.49. The summed E-state index contributed by atoms with van der Waals surface area (Å²) < 4.78 is 26.0. The summed E-state index contributed by atoms with van der Waals surface area (Å²) >= 11 is 0. The molecule has 0 saturated carbocycles. The third kappa shape index (κ3) is 8.17. The fraction of sp³-hybridized carbons (Fsp3) is 0.462. The van der Waals surface area contributed by atoms with E-state index < -0.39 is 16.1 Å². The van der Waals surface area contributed by atoms with E-state index in [1.54, 1.807) is 36.1 Å². The Kier molecular flexibility index (Phi) is 10.1. The van der Waals surface area contributed by atoms with Crippen molar-refractivity contribution in [2.45, 2.75) is 65.6 Å². The predicted molar refractivity (Wildman–Crippen MR) is 137 cm³/mol. The van der Waals surface area contributed by atoms with Crippen LogP contribution in [0.1, 0.15) is 51.2 Å². The quantitative estimate of drug-likeness (QED) is 0.492. The molecule has 0 aliphatic heterocycles. The van der Waals surface area contributed by atoms with Crippen molar-refractivity contribution in [3.8, 4) is 0 Å². The molecule has 0 radical (unpaired) electrons. The van der Waals surface area contributed by atoms with Crippen LogP contribution in [-0.4, -0.2) is 50.0 Å². The highest BCUT2D eigenvalue weighted by Crippen LogP contribution is 2.19. The van der Waals surface area contributed by atoms with Gasteiger partial charge in [-0.05, 0) is 51.3 Å². The first-order valence-electron chi connectivity index (χ1n) is 11.7. The second kappa shape index (κ2) is 12.6. The van der Waals surface area contributed by atoms with E-state index in [0.717, 1.165) is 23.8 Å². The highest BCUT2D eigenvalue weighted by molar-refractivity contribution is 7.92. The van der Waals surface area contributed by atoms with Gasteiger partial charge in [0.05, 0.1) is 11.9 Å². The number of nitrogens with zero attached hydrogens (tertiary/aromatic N) is 2. The maximum absolute atomic E-state index is 13.3. The maximum Gasteiger partial charge on any atom is 0.242 e. The number of carbonyl (C=O) groups is 2. The van der Waals surface area contributed by atoms with Gasteiger partial charge in [-0.15, -0.1) is 0 Å². The number of benzene rings is 2. The second-order valence-electron chi connectivity index (χ2n) is 8.78. The number of hydrogen-bond acceptors (Lipinski definition) is 4. The standard InChI is InChI=1S/C26H37N3O4S/c1-6-21(3)27-26(31)22(4)28(19-23-13-10-12-20(2)18-23)25(30)16-11-17-29(34(5,32)33)24-14-8-7-9-15-24/h7-10,12-15,18,21-22H,6,11,16-17,19H2,1-5H3,(H,27,31)/t21-,22-/m1/s1. The Morgan fingerprint density at radius 1 is 1.03 bits per heavy atom. The van der Waals surface area contributed by atoms with E-state index in [1.165, 1.54) is 4.31 Å². The molecule has 2 amide bonds. The van der Waals surface area contributed by atoms with Crippen LogP contribution < -0.4 is 9.62 Å². The molecule has 0 unspecified atom stereocenters. The van der Waals surface area contributed by atoms with Gasteiger partial charge in [0.2, 0.25) is 21.8 Å². The first kappa shape index (κ1) is 27.4. The Hall–Kier alpha value is -2.87. The lowest BCUT2D eigenvalue weighted by Crippen LogP contribution is -2.49. The fourth-order valence-corrected chi connectivity index (χ4v) is 4.62. The minimum absolute atomic E-state index is 0.0139. The lowest BCUT2D eigenvalue weighted by atomic mass is 10.1. The van der Waals surface area contributed by atoms with Gasteiger partial charge in [0, 0.05) is 25.6 Å². The summed E-state index contributed by atoms with van der Waals surface area (Å²) in [5, 5.41) is 2.96. The molecule has 1 N–H and O–H groups in total. The van der Waals surface area contributed by atoms with Gasteiger partial charge in [-0.25, -0.2) is 8.42 Å². The molecule has 0 spiro atoms. The highest BCUT2D eigenvalue weighted by atomic mass is 32.2. The van der Waals surface area contributed by atoms with E-state index >= 15 is 0 Å². The van der Waals surface area contributed by atoms with Crippen molar-refractivity contribution < 1.29 is 18.0 Å². The zero-order valence-corrected chi connectivity index (χ0v) is 21.6. The number of hydrogen-bond donors (Lipinski definition) is 1. The van der Waals surface area contributed by atoms with E-state index in [0.29, 0.717) is 18.7 Å². The van der Waals surface area contributed by atoms with Crippen LogP contribution in [0, 0.1) is 6.92 Å². The van der Waals surface area contributed by atoms with Gasteiger partial charge in [-0.2, -0.15) is 0 Å². The topological polar surface area (TPSA) is 86.8 Å². The van der Waals surface area contributed by atoms with E-state index in [-0.39, 0.29) is 30.8 Å². The van der Waals surface area contributed by atoms with Crippen molar-refractivity contribution in [2.24, 2.45) is 0 Å². The number of carbonyl (C=O) groups excluding carboxylic acids is 2. The van der Waals surface area contributed by atoms with E-state index in [1.807, 2.05) is 51.1 Å². The molecule has 0 aromatic heterocycles. The van der Waals surface area contributed by atoms with Crippen LogP contribution >= 0.6 is 0 Å². The van der Waals surface area contributed by atoms with Gasteiger partial charge in [-0.1, -0.05) is 55.0 Å². The van der Waals surface area contributed by atoms with Crippen LogP contribution in [0.25, 0.3) is 0 Å². The molecule has 0 bridgehead atoms. The lowest BCUT2D eigenvalue weighted by Gasteiger charge is -2.30. The molecule has 2 rings (SSSR count). The summed E-state index contributed by atoms with van der Waals surface area (Å²) in [4.78, 5) is 27.7. The Balaban J connectivity index is 2.15. The smallest absolute Gasteiger partial charge is 0.242 e. The molecule has 7 nitrogen and oxygen atoms in total. The van der Waals surface area contributed by atoms with Crippen LogP contribution in [-0.2, 0) is 26.2 Å². The van der Waals surface area contributed by atoms with Gasteiger partial charge in [0.1, 0.15) is 6.04 Å². The zero-order chi connectivity index (χ0) is 25.3. The van der Waals surface area contributed by atoms with Gasteiger partial charge in [0.15, 0.2) is 0 Å². The first-order valence-corrected chi connectivity index (χ1v) is 13.6. The van der Waals surface area contributed by atoms with Crippen LogP contribution in [0.15, 0.2) is 54.6 Å². The summed E-state index contributed by atoms with van der Waals surface area (Å²) in [6, 6.07) is 16.1. The Morgan fingerprint density at radius 2 is 1.71 bits per heavy atom. The minimum Gasteiger partial charge on any atom is -0.352 e. The summed E-state index contributed by atoms with van der Waals surface area (Å²) in [6.07, 6.45) is 2.43. The molecule has 0 saturated heterocycles. The lowest BCUT2D eigenvalue weighted by molar-refractivity contribution is -0.140. The average Bonchev–Trinajstić information content (AvgIpc) is 2.79. The van der Waals surface area contributed by atoms with Crippen molar-refractivity contribution in [2.75, 3.05) is 17.1 Å². The van der Waals surface area contributed by atoms with E-state index in [2.05, 4.69) is 5.32 Å². The number of anilines is 1. The summed E-state index contributed by atoms with van der Waals surface area (Å²) in [5.41, 5.74) is 2.59. The number of para-hydroxylation sites is 1. The predicted octanol–water partition coefficient (Wildman–Crippen LogP) is 3.87. The SMILES string of the molecule is CC[C@@H](C)NC(=O)[C@@H](C)N(Cc1cccc(C)c1)C(=O)CCCN(c1ccccc1)S(C)(=O)=O. The van der Waals surface area contributed by atoms with E-state index in [4.69, 9.17) is 0 Å². The molecule has 34 heavy (non-hydrogen) atoms. The molecule has 186 valence electrons. The van der Waals surface area contributed by atoms with Crippen molar-refractivity contribution in [3.05, 3.63) is 65.7 Å². The summed E-state index contributed by atoms with van der Waals surface area (Å²) in [6.45, 7) is 8.13. The van der Waals surface area contributed by atoms with Crippen molar-refractivity contribution >= 4 is 27.5 Å². The molecule has 0 heterocycles. The molecule has 2 aromatic carbocycles. The van der Waals surface area contributed by atoms with Crippen molar-refractivity contribution in [1.29, 1.82) is 0 Å². The van der Waals surface area contributed by atoms with Gasteiger partial charge in [-0.3, -0.25) is 13.9 Å². The molecular formula is C26H37N3O4S. The number of amides is 2. The number of sulfonamides is 1. The summed E-state index contributed by atoms with van der Waals surface area (Å²) in [5.74, 6) is -0.382. The monoisotopic (exact) mass is 487 g/mol. The fourth-order valence-electron chi connectivity index (χ4n) is 3.65. The first-order chi connectivity index (χ1) is 16.0. The molecule has 8 heteroatoms. The third-order valence-electron chi connectivity index (χ3n) is 5.80. The molecule has 0 aliphatic rings. The largest absolute Gasteiger partial charge is 0.352 e. The Morgan fingerprint density at radius 3 is 2.29 bits per heavy atom. The van der Waals surface area contributed by atoms with Gasteiger partial charge >= 0.3 is 0 Å². The average molecular weight is 488 g/mol. The zero-order valence-electron chi connectivity index (χ0n) is 20.8. The molecular weight excluding hydrogens is 450 g/mol. The second-order valence-corrected chi connectivity index (χ2v) is 10.7. The van der Waals surface area contributed by atoms with Gasteiger partial charge in [0.25, 0.3) is 0 Å². The molecule has 0 fully saturated rings. The number of nitrogens with one attached hydrogen (secondary N) is 1. The number of rotatable bonds is 12. The normalized spacial score (nSPS) is 13.1. The molecule has 2 atom stereocenters. The Bertz CT molecular complexity index is 1060. The van der Waals surface area contributed by atoms with Gasteiger partial charge < -0.3 is 10.2 Å². The van der Waals surface area contributed by atoms with Crippen LogP contribution in [0.2, 0.25) is 0 Å². The summed E-state index contributed by atoms with van der Waals surface area (Å²) in [7, 11) is -3.49. The van der Waals surface area contributed by atoms with E-state index in [9.17, 15) is 18.0 Å². The maximum atomic E-state index is 13.3. The Labute approximate surface area is 204 Å².